The molecule has 9 aromatic rings. The molecular formula is C50H39NO7S6. The van der Waals surface area contributed by atoms with E-state index in [1.165, 1.54) is 41.9 Å². The van der Waals surface area contributed by atoms with Crippen LogP contribution in [0.25, 0.3) is 59.2 Å². The maximum Gasteiger partial charge on any atom is 0.181 e. The first-order valence-corrected chi connectivity index (χ1v) is 26.0. The van der Waals surface area contributed by atoms with Crippen molar-refractivity contribution in [3.63, 3.8) is 0 Å². The van der Waals surface area contributed by atoms with Crippen molar-refractivity contribution in [2.24, 2.45) is 0 Å². The summed E-state index contributed by atoms with van der Waals surface area (Å²) in [6.45, 7) is 4.89. The van der Waals surface area contributed by atoms with E-state index in [0.29, 0.717) is 33.0 Å². The standard InChI is InChI=1S/C50H39NO7S6/c1-2-3-4-5-18-54-34-16-14-33(15-17-34)51(31-10-6-29(7-11-31)47-43-45(57-21-19-55-43)49(63-47)41-25-39-37(61-41)23-35(27-52)59-39)32-12-8-30(9-13-32)48-44-46(58-22-20-56-44)50(64-48)42-26-40-38(62-42)24-36(28-53)60-40/h6-17,23-28H,2-5,18-22H2,1H3. The molecular weight excluding hydrogens is 919 g/mol. The number of aldehydes is 2. The number of hydrogen-bond donors (Lipinski definition) is 0. The minimum absolute atomic E-state index is 0.489. The summed E-state index contributed by atoms with van der Waals surface area (Å²) < 4.78 is 35.7. The molecule has 11 rings (SSSR count). The van der Waals surface area contributed by atoms with Crippen LogP contribution >= 0.6 is 68.0 Å². The van der Waals surface area contributed by atoms with Gasteiger partial charge in [0.2, 0.25) is 0 Å². The highest BCUT2D eigenvalue weighted by Crippen LogP contribution is 2.57. The number of nitrogens with zero attached hydrogens (tertiary/aromatic N) is 1. The summed E-state index contributed by atoms with van der Waals surface area (Å²) >= 11 is 9.74. The highest BCUT2D eigenvalue weighted by Gasteiger charge is 2.30. The molecule has 0 spiro atoms. The summed E-state index contributed by atoms with van der Waals surface area (Å²) in [4.78, 5) is 32.9. The third kappa shape index (κ3) is 7.79. The fourth-order valence-corrected chi connectivity index (χ4v) is 15.1. The van der Waals surface area contributed by atoms with Crippen LogP contribution in [0.15, 0.2) is 97.1 Å². The zero-order chi connectivity index (χ0) is 43.1. The summed E-state index contributed by atoms with van der Waals surface area (Å²) in [6.07, 6.45) is 6.46. The van der Waals surface area contributed by atoms with E-state index in [0.717, 1.165) is 134 Å². The molecule has 14 heteroatoms. The number of thiophene rings is 6. The summed E-state index contributed by atoms with van der Waals surface area (Å²) in [5.74, 6) is 3.99. The van der Waals surface area contributed by atoms with Crippen molar-refractivity contribution < 1.29 is 33.3 Å². The second kappa shape index (κ2) is 17.8. The first-order valence-electron chi connectivity index (χ1n) is 21.1. The molecule has 0 unspecified atom stereocenters. The second-order valence-electron chi connectivity index (χ2n) is 15.3. The van der Waals surface area contributed by atoms with Crippen molar-refractivity contribution in [3.8, 4) is 69.1 Å². The van der Waals surface area contributed by atoms with Gasteiger partial charge in [-0.15, -0.1) is 68.0 Å². The van der Waals surface area contributed by atoms with Gasteiger partial charge < -0.3 is 28.6 Å². The molecule has 3 aromatic carbocycles. The van der Waals surface area contributed by atoms with Gasteiger partial charge in [0.15, 0.2) is 35.6 Å². The number of rotatable bonds is 15. The van der Waals surface area contributed by atoms with E-state index in [2.05, 4.69) is 96.8 Å². The van der Waals surface area contributed by atoms with Crippen LogP contribution in [0.1, 0.15) is 52.0 Å². The predicted octanol–water partition coefficient (Wildman–Crippen LogP) is 15.6. The summed E-state index contributed by atoms with van der Waals surface area (Å²) in [6, 6.07) is 33.9. The largest absolute Gasteiger partial charge is 0.494 e. The van der Waals surface area contributed by atoms with Gasteiger partial charge >= 0.3 is 0 Å². The average molecular weight is 958 g/mol. The van der Waals surface area contributed by atoms with Gasteiger partial charge in [0.1, 0.15) is 32.2 Å². The molecule has 6 aromatic heterocycles. The Morgan fingerprint density at radius 3 is 1.34 bits per heavy atom. The van der Waals surface area contributed by atoms with Crippen LogP contribution < -0.4 is 28.6 Å². The smallest absolute Gasteiger partial charge is 0.181 e. The Kier molecular flexibility index (Phi) is 11.5. The fourth-order valence-electron chi connectivity index (χ4n) is 8.04. The minimum Gasteiger partial charge on any atom is -0.494 e. The van der Waals surface area contributed by atoms with Crippen molar-refractivity contribution in [1.29, 1.82) is 0 Å². The zero-order valence-corrected chi connectivity index (χ0v) is 39.4. The zero-order valence-electron chi connectivity index (χ0n) is 34.5. The molecule has 0 bridgehead atoms. The highest BCUT2D eigenvalue weighted by molar-refractivity contribution is 7.33. The van der Waals surface area contributed by atoms with Crippen LogP contribution in [-0.2, 0) is 0 Å². The molecule has 0 atom stereocenters. The van der Waals surface area contributed by atoms with Gasteiger partial charge in [-0.25, -0.2) is 0 Å². The van der Waals surface area contributed by atoms with Gasteiger partial charge in [-0.3, -0.25) is 9.59 Å². The lowest BCUT2D eigenvalue weighted by Crippen LogP contribution is -2.14. The number of hydrogen-bond acceptors (Lipinski definition) is 14. The van der Waals surface area contributed by atoms with Gasteiger partial charge in [0.05, 0.1) is 45.6 Å². The number of ether oxygens (including phenoxy) is 5. The van der Waals surface area contributed by atoms with Gasteiger partial charge in [-0.2, -0.15) is 0 Å². The molecule has 0 aliphatic carbocycles. The van der Waals surface area contributed by atoms with Crippen LogP contribution in [0.3, 0.4) is 0 Å². The molecule has 322 valence electrons. The lowest BCUT2D eigenvalue weighted by atomic mass is 10.1. The molecule has 8 heterocycles. The van der Waals surface area contributed by atoms with Crippen LogP contribution in [0.2, 0.25) is 0 Å². The molecule has 0 amide bonds. The molecule has 0 saturated heterocycles. The third-order valence-electron chi connectivity index (χ3n) is 11.1. The lowest BCUT2D eigenvalue weighted by Gasteiger charge is -2.26. The quantitative estimate of drug-likeness (QED) is 0.0742. The van der Waals surface area contributed by atoms with Crippen molar-refractivity contribution in [1.82, 2.24) is 0 Å². The highest BCUT2D eigenvalue weighted by atomic mass is 32.1. The molecule has 64 heavy (non-hydrogen) atoms. The first-order chi connectivity index (χ1) is 31.5. The summed E-state index contributed by atoms with van der Waals surface area (Å²) in [5, 5.41) is 0. The SMILES string of the molecule is CCCCCCOc1ccc(N(c2ccc(-c3sc(-c4cc5sc(C=O)cc5s4)c4c3OCCO4)cc2)c2ccc(-c3sc(-c4cc5sc(C=O)cc5s4)c4c3OCCO4)cc2)cc1. The lowest BCUT2D eigenvalue weighted by molar-refractivity contribution is 0.111. The van der Waals surface area contributed by atoms with Crippen molar-refractivity contribution in [3.05, 3.63) is 107 Å². The molecule has 2 aliphatic heterocycles. The minimum atomic E-state index is 0.489. The van der Waals surface area contributed by atoms with Crippen molar-refractivity contribution in [2.45, 2.75) is 32.6 Å². The number of unbranched alkanes of at least 4 members (excludes halogenated alkanes) is 3. The molecule has 0 saturated carbocycles. The van der Waals surface area contributed by atoms with E-state index in [1.807, 2.05) is 12.1 Å². The number of anilines is 3. The fraction of sp³-hybridized carbons (Fsp3) is 0.200. The van der Waals surface area contributed by atoms with Gasteiger partial charge in [0, 0.05) is 35.9 Å². The Labute approximate surface area is 393 Å². The maximum absolute atomic E-state index is 11.4. The second-order valence-corrected chi connectivity index (χ2v) is 21.7. The Morgan fingerprint density at radius 1 is 0.500 bits per heavy atom. The predicted molar refractivity (Wildman–Crippen MR) is 268 cm³/mol. The third-order valence-corrected chi connectivity index (χ3v) is 18.3. The number of carbonyl (C=O) groups excluding carboxylic acids is 2. The number of benzene rings is 3. The molecule has 0 radical (unpaired) electrons. The Balaban J connectivity index is 0.928. The Hall–Kier alpha value is -5.48. The molecule has 2 aliphatic rings. The van der Waals surface area contributed by atoms with E-state index in [1.54, 1.807) is 45.3 Å². The first kappa shape index (κ1) is 41.2. The normalized spacial score (nSPS) is 13.1. The molecule has 8 nitrogen and oxygen atoms in total. The van der Waals surface area contributed by atoms with Gasteiger partial charge in [0.25, 0.3) is 0 Å². The van der Waals surface area contributed by atoms with E-state index in [4.69, 9.17) is 23.7 Å². The molecule has 0 N–H and O–H groups in total. The van der Waals surface area contributed by atoms with E-state index in [-0.39, 0.29) is 0 Å². The number of fused-ring (bicyclic) bond motifs is 4. The summed E-state index contributed by atoms with van der Waals surface area (Å²) in [5.41, 5.74) is 5.09. The average Bonchev–Trinajstić information content (AvgIpc) is 4.20. The van der Waals surface area contributed by atoms with Crippen LogP contribution in [0.5, 0.6) is 28.7 Å². The number of carbonyl (C=O) groups is 2. The van der Waals surface area contributed by atoms with Crippen LogP contribution in [0.4, 0.5) is 17.1 Å². The van der Waals surface area contributed by atoms with Crippen molar-refractivity contribution in [2.75, 3.05) is 37.9 Å². The van der Waals surface area contributed by atoms with E-state index in [9.17, 15) is 9.59 Å². The monoisotopic (exact) mass is 957 g/mol. The van der Waals surface area contributed by atoms with Crippen molar-refractivity contribution >= 4 is 116 Å². The van der Waals surface area contributed by atoms with E-state index >= 15 is 0 Å². The molecule has 0 fully saturated rings. The Bertz CT molecular complexity index is 2880. The van der Waals surface area contributed by atoms with Crippen LogP contribution in [0, 0.1) is 0 Å². The summed E-state index contributed by atoms with van der Waals surface area (Å²) in [7, 11) is 0. The van der Waals surface area contributed by atoms with Gasteiger partial charge in [-0.1, -0.05) is 50.5 Å². The van der Waals surface area contributed by atoms with Gasteiger partial charge in [-0.05, 0) is 90.3 Å². The van der Waals surface area contributed by atoms with Crippen LogP contribution in [-0.4, -0.2) is 45.6 Å². The topological polar surface area (TPSA) is 83.5 Å². The Morgan fingerprint density at radius 2 is 0.922 bits per heavy atom. The maximum atomic E-state index is 11.4. The van der Waals surface area contributed by atoms with E-state index < -0.39 is 0 Å².